The minimum Gasteiger partial charge on any atom is -0.300 e. The molecular formula is C20H20OS. The van der Waals surface area contributed by atoms with Crippen molar-refractivity contribution in [2.45, 2.75) is 54.2 Å². The summed E-state index contributed by atoms with van der Waals surface area (Å²) in [7, 11) is 0. The fourth-order valence-electron chi connectivity index (χ4n) is 3.97. The average molecular weight is 308 g/mol. The highest BCUT2D eigenvalue weighted by Crippen LogP contribution is 2.54. The van der Waals surface area contributed by atoms with E-state index in [9.17, 15) is 4.79 Å². The molecule has 2 aliphatic rings. The van der Waals surface area contributed by atoms with Crippen LogP contribution in [0.2, 0.25) is 0 Å². The van der Waals surface area contributed by atoms with Gasteiger partial charge in [-0.25, -0.2) is 0 Å². The van der Waals surface area contributed by atoms with Crippen LogP contribution < -0.4 is 0 Å². The molecule has 4 rings (SSSR count). The van der Waals surface area contributed by atoms with Gasteiger partial charge in [0, 0.05) is 28.0 Å². The monoisotopic (exact) mass is 308 g/mol. The molecule has 22 heavy (non-hydrogen) atoms. The number of hydrogen-bond acceptors (Lipinski definition) is 2. The van der Waals surface area contributed by atoms with Gasteiger partial charge < -0.3 is 0 Å². The van der Waals surface area contributed by atoms with Crippen molar-refractivity contribution in [3.05, 3.63) is 59.2 Å². The van der Waals surface area contributed by atoms with Crippen LogP contribution >= 0.6 is 11.8 Å². The van der Waals surface area contributed by atoms with E-state index in [1.54, 1.807) is 0 Å². The van der Waals surface area contributed by atoms with Crippen molar-refractivity contribution in [3.63, 3.8) is 0 Å². The Balaban J connectivity index is 1.94. The van der Waals surface area contributed by atoms with Crippen LogP contribution in [0, 0.1) is 0 Å². The molecule has 0 bridgehead atoms. The summed E-state index contributed by atoms with van der Waals surface area (Å²) >= 11 is 1.89. The van der Waals surface area contributed by atoms with Gasteiger partial charge in [0.05, 0.1) is 0 Å². The molecule has 1 saturated carbocycles. The van der Waals surface area contributed by atoms with E-state index in [1.807, 2.05) is 11.8 Å². The number of carbonyl (C=O) groups excluding carboxylic acids is 1. The summed E-state index contributed by atoms with van der Waals surface area (Å²) in [5.74, 6) is 0.425. The predicted octanol–water partition coefficient (Wildman–Crippen LogP) is 5.14. The molecule has 1 aliphatic heterocycles. The largest absolute Gasteiger partial charge is 0.300 e. The second-order valence-electron chi connectivity index (χ2n) is 6.40. The van der Waals surface area contributed by atoms with Gasteiger partial charge in [0.25, 0.3) is 0 Å². The van der Waals surface area contributed by atoms with Crippen LogP contribution in [0.5, 0.6) is 0 Å². The van der Waals surface area contributed by atoms with E-state index >= 15 is 0 Å². The normalized spacial score (nSPS) is 18.9. The fourth-order valence-corrected chi connectivity index (χ4v) is 5.23. The molecule has 1 nitrogen and oxygen atoms in total. The van der Waals surface area contributed by atoms with Crippen molar-refractivity contribution in [1.82, 2.24) is 0 Å². The highest BCUT2D eigenvalue weighted by Gasteiger charge is 2.43. The standard InChI is InChI=1S/C20H20OS/c1-2-14-7-8-19-17(13-14)20(11-9-15(21)10-12-20)16-5-3-4-6-18(16)22-19/h3-8,13H,2,9-12H2,1H3. The van der Waals surface area contributed by atoms with Gasteiger partial charge in [-0.3, -0.25) is 4.79 Å². The lowest BCUT2D eigenvalue weighted by molar-refractivity contribution is -0.121. The van der Waals surface area contributed by atoms with Crippen LogP contribution in [-0.2, 0) is 16.6 Å². The van der Waals surface area contributed by atoms with Crippen LogP contribution in [0.3, 0.4) is 0 Å². The van der Waals surface area contributed by atoms with E-state index < -0.39 is 0 Å². The summed E-state index contributed by atoms with van der Waals surface area (Å²) in [6.07, 6.45) is 4.42. The van der Waals surface area contributed by atoms with Crippen molar-refractivity contribution in [2.24, 2.45) is 0 Å². The summed E-state index contributed by atoms with van der Waals surface area (Å²) in [6, 6.07) is 15.7. The van der Waals surface area contributed by atoms with E-state index in [-0.39, 0.29) is 5.41 Å². The SMILES string of the molecule is CCc1ccc2c(c1)C1(CCC(=O)CC1)c1ccccc1S2. The molecule has 2 heteroatoms. The van der Waals surface area contributed by atoms with Crippen molar-refractivity contribution in [2.75, 3.05) is 0 Å². The molecule has 1 spiro atoms. The molecule has 0 radical (unpaired) electrons. The van der Waals surface area contributed by atoms with Crippen LogP contribution in [0.15, 0.2) is 52.3 Å². The van der Waals surface area contributed by atoms with Gasteiger partial charge in [-0.05, 0) is 48.1 Å². The van der Waals surface area contributed by atoms with Gasteiger partial charge in [-0.15, -0.1) is 0 Å². The highest BCUT2D eigenvalue weighted by molar-refractivity contribution is 7.99. The summed E-state index contributed by atoms with van der Waals surface area (Å²) in [4.78, 5) is 14.6. The molecule has 0 unspecified atom stereocenters. The number of carbonyl (C=O) groups is 1. The van der Waals surface area contributed by atoms with E-state index in [4.69, 9.17) is 0 Å². The first-order valence-corrected chi connectivity index (χ1v) is 8.97. The third-order valence-electron chi connectivity index (χ3n) is 5.25. The van der Waals surface area contributed by atoms with Gasteiger partial charge >= 0.3 is 0 Å². The summed E-state index contributed by atoms with van der Waals surface area (Å²) < 4.78 is 0. The molecule has 0 atom stereocenters. The molecule has 1 fully saturated rings. The Bertz CT molecular complexity index is 737. The zero-order valence-electron chi connectivity index (χ0n) is 12.9. The maximum atomic E-state index is 11.8. The Hall–Kier alpha value is -1.54. The van der Waals surface area contributed by atoms with Gasteiger partial charge in [-0.2, -0.15) is 0 Å². The van der Waals surface area contributed by atoms with Gasteiger partial charge in [0.1, 0.15) is 5.78 Å². The molecule has 2 aromatic rings. The second kappa shape index (κ2) is 5.27. The molecule has 1 heterocycles. The third kappa shape index (κ3) is 2.04. The van der Waals surface area contributed by atoms with E-state index in [0.29, 0.717) is 5.78 Å². The topological polar surface area (TPSA) is 17.1 Å². The zero-order chi connectivity index (χ0) is 15.2. The summed E-state index contributed by atoms with van der Waals surface area (Å²) in [5.41, 5.74) is 4.35. The Morgan fingerprint density at radius 2 is 1.73 bits per heavy atom. The minimum atomic E-state index is 0.0519. The molecule has 0 amide bonds. The molecule has 0 saturated heterocycles. The Labute approximate surface area is 136 Å². The Morgan fingerprint density at radius 3 is 2.50 bits per heavy atom. The first-order valence-electron chi connectivity index (χ1n) is 8.15. The first kappa shape index (κ1) is 14.1. The second-order valence-corrected chi connectivity index (χ2v) is 7.49. The van der Waals surface area contributed by atoms with Gasteiger partial charge in [-0.1, -0.05) is 49.0 Å². The fraction of sp³-hybridized carbons (Fsp3) is 0.350. The number of Topliss-reactive ketones (excluding diaryl/α,β-unsaturated/α-hetero) is 1. The van der Waals surface area contributed by atoms with E-state index in [2.05, 4.69) is 49.4 Å². The van der Waals surface area contributed by atoms with Crippen molar-refractivity contribution >= 4 is 17.5 Å². The molecule has 112 valence electrons. The number of aryl methyl sites for hydroxylation is 1. The van der Waals surface area contributed by atoms with E-state index in [0.717, 1.165) is 32.1 Å². The molecular weight excluding hydrogens is 288 g/mol. The number of hydrogen-bond donors (Lipinski definition) is 0. The molecule has 1 aliphatic carbocycles. The lowest BCUT2D eigenvalue weighted by Crippen LogP contribution is -2.35. The first-order chi connectivity index (χ1) is 10.7. The van der Waals surface area contributed by atoms with Gasteiger partial charge in [0.2, 0.25) is 0 Å². The lowest BCUT2D eigenvalue weighted by atomic mass is 9.64. The van der Waals surface area contributed by atoms with Crippen molar-refractivity contribution in [1.29, 1.82) is 0 Å². The smallest absolute Gasteiger partial charge is 0.133 e. The number of fused-ring (bicyclic) bond motifs is 4. The minimum absolute atomic E-state index is 0.0519. The summed E-state index contributed by atoms with van der Waals surface area (Å²) in [6.45, 7) is 2.21. The van der Waals surface area contributed by atoms with Crippen LogP contribution in [-0.4, -0.2) is 5.78 Å². The third-order valence-corrected chi connectivity index (χ3v) is 6.40. The molecule has 2 aromatic carbocycles. The average Bonchev–Trinajstić information content (AvgIpc) is 2.57. The number of rotatable bonds is 1. The van der Waals surface area contributed by atoms with Crippen LogP contribution in [0.25, 0.3) is 0 Å². The maximum Gasteiger partial charge on any atom is 0.133 e. The van der Waals surface area contributed by atoms with E-state index in [1.165, 1.54) is 26.5 Å². The Morgan fingerprint density at radius 1 is 1.00 bits per heavy atom. The Kier molecular flexibility index (Phi) is 3.37. The lowest BCUT2D eigenvalue weighted by Gasteiger charge is -2.43. The quantitative estimate of drug-likeness (QED) is 0.725. The number of ketones is 1. The number of benzene rings is 2. The maximum absolute atomic E-state index is 11.8. The molecule has 0 N–H and O–H groups in total. The van der Waals surface area contributed by atoms with Crippen LogP contribution in [0.4, 0.5) is 0 Å². The van der Waals surface area contributed by atoms with Crippen LogP contribution in [0.1, 0.15) is 49.3 Å². The molecule has 0 aromatic heterocycles. The summed E-state index contributed by atoms with van der Waals surface area (Å²) in [5, 5.41) is 0. The van der Waals surface area contributed by atoms with Gasteiger partial charge in [0.15, 0.2) is 0 Å². The van der Waals surface area contributed by atoms with Crippen molar-refractivity contribution in [3.8, 4) is 0 Å². The zero-order valence-corrected chi connectivity index (χ0v) is 13.7. The van der Waals surface area contributed by atoms with Crippen molar-refractivity contribution < 1.29 is 4.79 Å². The highest BCUT2D eigenvalue weighted by atomic mass is 32.2. The predicted molar refractivity (Wildman–Crippen MR) is 90.6 cm³/mol.